The Labute approximate surface area is 164 Å². The van der Waals surface area contributed by atoms with Crippen LogP contribution in [0.4, 0.5) is 0 Å². The first-order chi connectivity index (χ1) is 11.7. The van der Waals surface area contributed by atoms with E-state index in [0.717, 1.165) is 13.0 Å². The molecule has 0 bridgehead atoms. The van der Waals surface area contributed by atoms with Crippen LogP contribution in [-0.2, 0) is 0 Å². The number of hydrogen-bond acceptors (Lipinski definition) is 2. The predicted molar refractivity (Wildman–Crippen MR) is 116 cm³/mol. The molecule has 1 unspecified atom stereocenters. The van der Waals surface area contributed by atoms with E-state index in [1.807, 2.05) is 14.1 Å². The van der Waals surface area contributed by atoms with Gasteiger partial charge in [-0.15, -0.1) is 12.4 Å². The van der Waals surface area contributed by atoms with Crippen molar-refractivity contribution in [1.29, 1.82) is 0 Å². The highest BCUT2D eigenvalue weighted by molar-refractivity contribution is 5.85. The van der Waals surface area contributed by atoms with Crippen LogP contribution in [0.3, 0.4) is 0 Å². The molecule has 0 spiro atoms. The van der Waals surface area contributed by atoms with E-state index >= 15 is 0 Å². The van der Waals surface area contributed by atoms with Gasteiger partial charge in [0.25, 0.3) is 0 Å². The largest absolute Gasteiger partial charge is 0.392 e. The van der Waals surface area contributed by atoms with Crippen molar-refractivity contribution >= 4 is 12.4 Å². The lowest BCUT2D eigenvalue weighted by Gasteiger charge is -2.15. The van der Waals surface area contributed by atoms with Crippen LogP contribution in [-0.4, -0.2) is 36.8 Å². The monoisotopic (exact) mass is 375 g/mol. The summed E-state index contributed by atoms with van der Waals surface area (Å²) in [7, 11) is 4.04. The zero-order chi connectivity index (χ0) is 17.9. The van der Waals surface area contributed by atoms with Gasteiger partial charge in [-0.05, 0) is 46.2 Å². The van der Waals surface area contributed by atoms with Gasteiger partial charge in [0, 0.05) is 6.54 Å². The standard InChI is InChI=1S/C22H45NO.ClH/c1-4-5-6-7-8-9-10-11-12-13-14-15-16-17-18-19-20-22(24)21-23(2)3;/h11-12,22,24H,4-10,13-21H2,1-3H3;1H/b12-11-;. The SMILES string of the molecule is CCCCCCCC/C=C\CCCCCCCCC(O)CN(C)C.Cl. The summed E-state index contributed by atoms with van der Waals surface area (Å²) >= 11 is 0. The highest BCUT2D eigenvalue weighted by Gasteiger charge is 2.04. The Morgan fingerprint density at radius 3 is 1.64 bits per heavy atom. The second kappa shape index (κ2) is 22.0. The van der Waals surface area contributed by atoms with E-state index in [4.69, 9.17) is 0 Å². The summed E-state index contributed by atoms with van der Waals surface area (Å²) < 4.78 is 0. The highest BCUT2D eigenvalue weighted by Crippen LogP contribution is 2.11. The molecule has 0 radical (unpaired) electrons. The molecule has 2 nitrogen and oxygen atoms in total. The van der Waals surface area contributed by atoms with Crippen LogP contribution in [0, 0.1) is 0 Å². The van der Waals surface area contributed by atoms with Gasteiger partial charge >= 0.3 is 0 Å². The molecule has 1 N–H and O–H groups in total. The normalized spacial score (nSPS) is 12.7. The minimum atomic E-state index is -0.142. The number of likely N-dealkylation sites (N-methyl/N-ethyl adjacent to an activating group) is 1. The number of halogens is 1. The maximum absolute atomic E-state index is 9.79. The van der Waals surface area contributed by atoms with Gasteiger partial charge in [0.05, 0.1) is 6.10 Å². The van der Waals surface area contributed by atoms with Gasteiger partial charge in [0.15, 0.2) is 0 Å². The van der Waals surface area contributed by atoms with Crippen molar-refractivity contribution in [1.82, 2.24) is 4.90 Å². The van der Waals surface area contributed by atoms with Gasteiger partial charge in [-0.3, -0.25) is 0 Å². The minimum Gasteiger partial charge on any atom is -0.392 e. The number of aliphatic hydroxyl groups excluding tert-OH is 1. The Morgan fingerprint density at radius 1 is 0.720 bits per heavy atom. The number of rotatable bonds is 18. The van der Waals surface area contributed by atoms with Gasteiger partial charge in [0.2, 0.25) is 0 Å². The Kier molecular flexibility index (Phi) is 23.9. The van der Waals surface area contributed by atoms with Gasteiger partial charge in [-0.25, -0.2) is 0 Å². The van der Waals surface area contributed by atoms with Crippen LogP contribution in [0.15, 0.2) is 12.2 Å². The van der Waals surface area contributed by atoms with Crippen molar-refractivity contribution in [3.8, 4) is 0 Å². The third kappa shape index (κ3) is 24.0. The van der Waals surface area contributed by atoms with Gasteiger partial charge in [-0.1, -0.05) is 83.3 Å². The zero-order valence-electron chi connectivity index (χ0n) is 17.3. The van der Waals surface area contributed by atoms with E-state index in [9.17, 15) is 5.11 Å². The zero-order valence-corrected chi connectivity index (χ0v) is 18.2. The number of unbranched alkanes of at least 4 members (excludes halogenated alkanes) is 12. The van der Waals surface area contributed by atoms with Crippen LogP contribution in [0.5, 0.6) is 0 Å². The maximum atomic E-state index is 9.79. The molecular formula is C22H46ClNO. The molecule has 0 aliphatic heterocycles. The number of allylic oxidation sites excluding steroid dienone is 2. The van der Waals surface area contributed by atoms with Gasteiger partial charge in [0.1, 0.15) is 0 Å². The fourth-order valence-corrected chi connectivity index (χ4v) is 3.14. The Balaban J connectivity index is 0. The summed E-state index contributed by atoms with van der Waals surface area (Å²) in [5.74, 6) is 0. The van der Waals surface area contributed by atoms with E-state index in [0.29, 0.717) is 0 Å². The van der Waals surface area contributed by atoms with Crippen LogP contribution in [0.1, 0.15) is 103 Å². The molecule has 0 rings (SSSR count). The molecule has 0 aromatic carbocycles. The predicted octanol–water partition coefficient (Wildman–Crippen LogP) is 6.76. The summed E-state index contributed by atoms with van der Waals surface area (Å²) in [4.78, 5) is 2.06. The van der Waals surface area contributed by atoms with Crippen LogP contribution in [0.2, 0.25) is 0 Å². The number of hydrogen-bond donors (Lipinski definition) is 1. The van der Waals surface area contributed by atoms with Crippen molar-refractivity contribution in [2.24, 2.45) is 0 Å². The quantitative estimate of drug-likeness (QED) is 0.211. The first-order valence-corrected chi connectivity index (χ1v) is 10.6. The topological polar surface area (TPSA) is 23.5 Å². The van der Waals surface area contributed by atoms with Crippen LogP contribution in [0.25, 0.3) is 0 Å². The molecule has 0 aromatic rings. The molecule has 0 aliphatic carbocycles. The van der Waals surface area contributed by atoms with Gasteiger partial charge in [-0.2, -0.15) is 0 Å². The fraction of sp³-hybridized carbons (Fsp3) is 0.909. The van der Waals surface area contributed by atoms with Crippen molar-refractivity contribution in [2.45, 2.75) is 109 Å². The number of aliphatic hydroxyl groups is 1. The lowest BCUT2D eigenvalue weighted by atomic mass is 10.1. The fourth-order valence-electron chi connectivity index (χ4n) is 3.14. The van der Waals surface area contributed by atoms with E-state index < -0.39 is 0 Å². The lowest BCUT2D eigenvalue weighted by Crippen LogP contribution is -2.25. The molecule has 152 valence electrons. The molecule has 0 fully saturated rings. The Hall–Kier alpha value is -0.0500. The molecule has 0 heterocycles. The first kappa shape index (κ1) is 27.2. The van der Waals surface area contributed by atoms with E-state index in [1.54, 1.807) is 0 Å². The molecule has 0 amide bonds. The van der Waals surface area contributed by atoms with Gasteiger partial charge < -0.3 is 10.0 Å². The summed E-state index contributed by atoms with van der Waals surface area (Å²) in [5, 5.41) is 9.79. The summed E-state index contributed by atoms with van der Waals surface area (Å²) in [5.41, 5.74) is 0. The van der Waals surface area contributed by atoms with Crippen LogP contribution >= 0.6 is 12.4 Å². The van der Waals surface area contributed by atoms with E-state index in [2.05, 4.69) is 24.0 Å². The summed E-state index contributed by atoms with van der Waals surface area (Å²) in [6.45, 7) is 3.07. The number of nitrogens with zero attached hydrogens (tertiary/aromatic N) is 1. The Morgan fingerprint density at radius 2 is 1.16 bits per heavy atom. The van der Waals surface area contributed by atoms with Crippen molar-refractivity contribution < 1.29 is 5.11 Å². The first-order valence-electron chi connectivity index (χ1n) is 10.6. The molecule has 25 heavy (non-hydrogen) atoms. The smallest absolute Gasteiger partial charge is 0.0666 e. The average molecular weight is 376 g/mol. The minimum absolute atomic E-state index is 0. The average Bonchev–Trinajstić information content (AvgIpc) is 2.53. The second-order valence-corrected chi connectivity index (χ2v) is 7.64. The van der Waals surface area contributed by atoms with E-state index in [-0.39, 0.29) is 18.5 Å². The molecule has 3 heteroatoms. The molecular weight excluding hydrogens is 330 g/mol. The van der Waals surface area contributed by atoms with Crippen molar-refractivity contribution in [3.05, 3.63) is 12.2 Å². The second-order valence-electron chi connectivity index (χ2n) is 7.64. The molecule has 0 saturated carbocycles. The molecule has 0 aromatic heterocycles. The van der Waals surface area contributed by atoms with Crippen LogP contribution < -0.4 is 0 Å². The van der Waals surface area contributed by atoms with Crippen molar-refractivity contribution in [3.63, 3.8) is 0 Å². The summed E-state index contributed by atoms with van der Waals surface area (Å²) in [6.07, 6.45) is 24.4. The van der Waals surface area contributed by atoms with E-state index in [1.165, 1.54) is 89.9 Å². The molecule has 0 saturated heterocycles. The molecule has 1 atom stereocenters. The Bertz CT molecular complexity index is 269. The molecule has 0 aliphatic rings. The highest BCUT2D eigenvalue weighted by atomic mass is 35.5. The third-order valence-electron chi connectivity index (χ3n) is 4.63. The lowest BCUT2D eigenvalue weighted by molar-refractivity contribution is 0.125. The third-order valence-corrected chi connectivity index (χ3v) is 4.63. The maximum Gasteiger partial charge on any atom is 0.0666 e. The summed E-state index contributed by atoms with van der Waals surface area (Å²) in [6, 6.07) is 0. The van der Waals surface area contributed by atoms with Crippen molar-refractivity contribution in [2.75, 3.05) is 20.6 Å².